The van der Waals surface area contributed by atoms with Crippen molar-refractivity contribution in [3.8, 4) is 0 Å². The normalized spacial score (nSPS) is 15.0. The molecule has 17 heavy (non-hydrogen) atoms. The summed E-state index contributed by atoms with van der Waals surface area (Å²) in [5, 5.41) is 0. The fraction of sp³-hybridized carbons (Fsp3) is 0.143. The second-order valence-corrected chi connectivity index (χ2v) is 4.66. The molecule has 0 fully saturated rings. The molecule has 0 saturated heterocycles. The number of halogens is 1. The van der Waals surface area contributed by atoms with Crippen LogP contribution in [0.3, 0.4) is 0 Å². The Morgan fingerprint density at radius 1 is 1.29 bits per heavy atom. The van der Waals surface area contributed by atoms with Crippen LogP contribution in [0.1, 0.15) is 11.1 Å². The molecule has 0 amide bonds. The number of nitrogens with zero attached hydrogens (tertiary/aromatic N) is 1. The molecule has 0 atom stereocenters. The van der Waals surface area contributed by atoms with E-state index in [4.69, 9.17) is 0 Å². The summed E-state index contributed by atoms with van der Waals surface area (Å²) in [5.41, 5.74) is 4.46. The summed E-state index contributed by atoms with van der Waals surface area (Å²) in [5.74, 6) is 0. The van der Waals surface area contributed by atoms with Crippen LogP contribution in [0.15, 0.2) is 47.1 Å². The SMILES string of the molecule is C=C1C(Br)=C[C-]=C(c2ccccc2C)N1C.[Y]. The van der Waals surface area contributed by atoms with Gasteiger partial charge in [0.15, 0.2) is 0 Å². The van der Waals surface area contributed by atoms with Crippen LogP contribution in [0.5, 0.6) is 0 Å². The van der Waals surface area contributed by atoms with Crippen molar-refractivity contribution in [3.63, 3.8) is 0 Å². The molecule has 1 aliphatic rings. The first-order chi connectivity index (χ1) is 7.61. The first kappa shape index (κ1) is 14.9. The standard InChI is InChI=1S/C14H13BrN.Y/c1-10-6-4-5-7-12(10)14-9-8-13(15)11(2)16(14)3;/h4-8H,2H2,1,3H3;/q-1;. The largest absolute Gasteiger partial charge is 0.378 e. The van der Waals surface area contributed by atoms with Crippen LogP contribution in [0.4, 0.5) is 0 Å². The average Bonchev–Trinajstić information content (AvgIpc) is 2.28. The van der Waals surface area contributed by atoms with E-state index in [1.165, 1.54) is 11.1 Å². The van der Waals surface area contributed by atoms with Crippen LogP contribution >= 0.6 is 15.9 Å². The van der Waals surface area contributed by atoms with Crippen molar-refractivity contribution in [1.29, 1.82) is 0 Å². The van der Waals surface area contributed by atoms with Gasteiger partial charge >= 0.3 is 0 Å². The third kappa shape index (κ3) is 2.99. The Morgan fingerprint density at radius 3 is 2.59 bits per heavy atom. The molecule has 1 aromatic rings. The van der Waals surface area contributed by atoms with Crippen LogP contribution in [-0.2, 0) is 32.7 Å². The number of aryl methyl sites for hydroxylation is 1. The molecule has 1 nitrogen and oxygen atoms in total. The van der Waals surface area contributed by atoms with Gasteiger partial charge in [0.1, 0.15) is 0 Å². The fourth-order valence-electron chi connectivity index (χ4n) is 1.70. The molecule has 0 aromatic heterocycles. The zero-order valence-electron chi connectivity index (χ0n) is 10.00. The minimum Gasteiger partial charge on any atom is -0.378 e. The van der Waals surface area contributed by atoms with Crippen molar-refractivity contribution in [2.45, 2.75) is 6.92 Å². The van der Waals surface area contributed by atoms with Crippen LogP contribution < -0.4 is 0 Å². The second-order valence-electron chi connectivity index (χ2n) is 3.81. The number of likely N-dealkylation sites (N-methyl/N-ethyl adjacent to an activating group) is 1. The van der Waals surface area contributed by atoms with E-state index in [0.717, 1.165) is 15.9 Å². The number of hydrogen-bond acceptors (Lipinski definition) is 1. The van der Waals surface area contributed by atoms with E-state index < -0.39 is 0 Å². The van der Waals surface area contributed by atoms with Gasteiger partial charge in [-0.05, 0) is 5.70 Å². The van der Waals surface area contributed by atoms with Crippen molar-refractivity contribution in [2.75, 3.05) is 7.05 Å². The summed E-state index contributed by atoms with van der Waals surface area (Å²) in [6.45, 7) is 6.14. The van der Waals surface area contributed by atoms with Crippen molar-refractivity contribution >= 4 is 21.6 Å². The molecule has 0 unspecified atom stereocenters. The molecule has 0 N–H and O–H groups in total. The predicted octanol–water partition coefficient (Wildman–Crippen LogP) is 3.87. The van der Waals surface area contributed by atoms with Gasteiger partial charge in [-0.2, -0.15) is 12.2 Å². The van der Waals surface area contributed by atoms with Gasteiger partial charge in [0.25, 0.3) is 0 Å². The van der Waals surface area contributed by atoms with Crippen molar-refractivity contribution in [2.24, 2.45) is 0 Å². The van der Waals surface area contributed by atoms with Gasteiger partial charge in [-0.3, -0.25) is 0 Å². The maximum Gasteiger partial charge on any atom is 0.00849 e. The smallest absolute Gasteiger partial charge is 0.00849 e. The first-order valence-electron chi connectivity index (χ1n) is 5.09. The molecule has 0 spiro atoms. The van der Waals surface area contributed by atoms with E-state index in [0.29, 0.717) is 0 Å². The number of hydrogen-bond donors (Lipinski definition) is 0. The van der Waals surface area contributed by atoms with E-state index >= 15 is 0 Å². The first-order valence-corrected chi connectivity index (χ1v) is 5.88. The number of rotatable bonds is 1. The summed E-state index contributed by atoms with van der Waals surface area (Å²) in [6, 6.07) is 8.30. The Balaban J connectivity index is 0.00000144. The monoisotopic (exact) mass is 363 g/mol. The topological polar surface area (TPSA) is 3.24 Å². The molecule has 2 rings (SSSR count). The molecule has 3 heteroatoms. The molecule has 1 radical (unpaired) electrons. The van der Waals surface area contributed by atoms with Gasteiger partial charge in [0.05, 0.1) is 0 Å². The van der Waals surface area contributed by atoms with Crippen molar-refractivity contribution in [1.82, 2.24) is 4.90 Å². The van der Waals surface area contributed by atoms with Gasteiger partial charge in [0, 0.05) is 39.8 Å². The third-order valence-corrected chi connectivity index (χ3v) is 3.44. The van der Waals surface area contributed by atoms with Crippen molar-refractivity contribution in [3.05, 3.63) is 64.3 Å². The molecule has 1 heterocycles. The van der Waals surface area contributed by atoms with E-state index in [9.17, 15) is 0 Å². The van der Waals surface area contributed by atoms with Gasteiger partial charge in [0.2, 0.25) is 0 Å². The molecule has 0 bridgehead atoms. The Morgan fingerprint density at radius 2 is 1.94 bits per heavy atom. The summed E-state index contributed by atoms with van der Waals surface area (Å²) in [6.07, 6.45) is 5.20. The van der Waals surface area contributed by atoms with Crippen molar-refractivity contribution < 1.29 is 32.7 Å². The zero-order valence-corrected chi connectivity index (χ0v) is 14.4. The third-order valence-electron chi connectivity index (χ3n) is 2.75. The van der Waals surface area contributed by atoms with Gasteiger partial charge in [-0.25, -0.2) is 0 Å². The quantitative estimate of drug-likeness (QED) is 0.684. The van der Waals surface area contributed by atoms with Gasteiger partial charge in [-0.1, -0.05) is 53.0 Å². The Hall–Kier alpha value is -0.176. The Bertz CT molecular complexity index is 503. The molecular weight excluding hydrogens is 351 g/mol. The van der Waals surface area contributed by atoms with E-state index in [1.807, 2.05) is 30.2 Å². The maximum absolute atomic E-state index is 4.03. The van der Waals surface area contributed by atoms with Crippen LogP contribution in [0, 0.1) is 13.0 Å². The summed E-state index contributed by atoms with van der Waals surface area (Å²) in [4.78, 5) is 2.05. The molecule has 0 aliphatic carbocycles. The van der Waals surface area contributed by atoms with Crippen LogP contribution in [-0.4, -0.2) is 11.9 Å². The summed E-state index contributed by atoms with van der Waals surface area (Å²) < 4.78 is 0.979. The second kappa shape index (κ2) is 6.13. The number of benzene rings is 1. The van der Waals surface area contributed by atoms with Crippen LogP contribution in [0.25, 0.3) is 5.70 Å². The van der Waals surface area contributed by atoms with Gasteiger partial charge in [-0.15, -0.1) is 22.0 Å². The summed E-state index contributed by atoms with van der Waals surface area (Å²) in [7, 11) is 2.01. The molecule has 1 aromatic carbocycles. The molecule has 1 aliphatic heterocycles. The maximum atomic E-state index is 4.03. The molecule has 85 valence electrons. The minimum absolute atomic E-state index is 0. The fourth-order valence-corrected chi connectivity index (χ4v) is 2.08. The Kier molecular flexibility index (Phi) is 5.36. The average molecular weight is 364 g/mol. The summed E-state index contributed by atoms with van der Waals surface area (Å²) >= 11 is 3.46. The molecular formula is C14H13BrNY-. The molecule has 0 saturated carbocycles. The van der Waals surface area contributed by atoms with E-state index in [-0.39, 0.29) is 32.7 Å². The van der Waals surface area contributed by atoms with E-state index in [1.54, 1.807) is 0 Å². The predicted molar refractivity (Wildman–Crippen MR) is 71.7 cm³/mol. The van der Waals surface area contributed by atoms with E-state index in [2.05, 4.69) is 47.6 Å². The van der Waals surface area contributed by atoms with Gasteiger partial charge < -0.3 is 4.90 Å². The zero-order chi connectivity index (χ0) is 11.7. The van der Waals surface area contributed by atoms with Crippen LogP contribution in [0.2, 0.25) is 0 Å². The number of allylic oxidation sites excluding steroid dienone is 3. The minimum atomic E-state index is 0. The Labute approximate surface area is 136 Å².